The Balaban J connectivity index is 0.000000553. The van der Waals surface area contributed by atoms with Crippen LogP contribution in [0.4, 0.5) is 10.1 Å². The SMILES string of the molecule is CC(c1cccc(Cl)c1)[C@@H](NCc1cc(F)c(Cl)cc1NC=O)C(=O)NCCC(O)CO.CCCc1ccccc1. The second-order valence-electron chi connectivity index (χ2n) is 9.54. The van der Waals surface area contributed by atoms with Crippen LogP contribution >= 0.6 is 23.2 Å². The van der Waals surface area contributed by atoms with Crippen LogP contribution in [0, 0.1) is 5.82 Å². The lowest BCUT2D eigenvalue weighted by atomic mass is 9.92. The van der Waals surface area contributed by atoms with Gasteiger partial charge in [0.25, 0.3) is 0 Å². The van der Waals surface area contributed by atoms with E-state index >= 15 is 0 Å². The monoisotopic (exact) mass is 605 g/mol. The van der Waals surface area contributed by atoms with Crippen LogP contribution < -0.4 is 16.0 Å². The molecule has 0 heterocycles. The first-order valence-corrected chi connectivity index (χ1v) is 14.2. The minimum atomic E-state index is -0.930. The zero-order valence-electron chi connectivity index (χ0n) is 23.2. The van der Waals surface area contributed by atoms with Gasteiger partial charge in [0.05, 0.1) is 23.8 Å². The van der Waals surface area contributed by atoms with Gasteiger partial charge in [-0.3, -0.25) is 9.59 Å². The summed E-state index contributed by atoms with van der Waals surface area (Å²) in [5, 5.41) is 27.2. The molecule has 2 amide bonds. The number of benzene rings is 3. The van der Waals surface area contributed by atoms with Gasteiger partial charge in [-0.15, -0.1) is 0 Å². The first kappa shape index (κ1) is 34.2. The Morgan fingerprint density at radius 3 is 2.44 bits per heavy atom. The summed E-state index contributed by atoms with van der Waals surface area (Å²) < 4.78 is 14.0. The van der Waals surface area contributed by atoms with Gasteiger partial charge >= 0.3 is 0 Å². The van der Waals surface area contributed by atoms with Crippen molar-refractivity contribution in [2.45, 2.75) is 57.7 Å². The van der Waals surface area contributed by atoms with Gasteiger partial charge < -0.3 is 26.2 Å². The summed E-state index contributed by atoms with van der Waals surface area (Å²) in [6.45, 7) is 3.87. The van der Waals surface area contributed by atoms with Gasteiger partial charge in [0.15, 0.2) is 0 Å². The van der Waals surface area contributed by atoms with Gasteiger partial charge in [0, 0.05) is 29.7 Å². The van der Waals surface area contributed by atoms with Crippen LogP contribution in [0.5, 0.6) is 0 Å². The standard InChI is InChI=1S/C22H26Cl2FN3O4.C9H12/c1-13(14-3-2-4-16(23)7-14)21(22(32)26-6-5-17(31)11-29)27-10-15-8-19(25)18(24)9-20(15)28-12-30;1-2-6-9-7-4-3-5-8-9/h2-4,7-9,12-13,17,21,27,29,31H,5-6,10-11H2,1H3,(H,26,32)(H,28,30);3-5,7-8H,2,6H2,1H3/t13?,17?,21-;/m1./s1. The van der Waals surface area contributed by atoms with Crippen molar-refractivity contribution in [2.75, 3.05) is 18.5 Å². The van der Waals surface area contributed by atoms with Crippen molar-refractivity contribution in [1.29, 1.82) is 0 Å². The number of rotatable bonds is 14. The Hall–Kier alpha value is -3.01. The number of carbonyl (C=O) groups excluding carboxylic acids is 2. The Morgan fingerprint density at radius 1 is 1.07 bits per heavy atom. The van der Waals surface area contributed by atoms with Gasteiger partial charge in [-0.05, 0) is 53.8 Å². The third kappa shape index (κ3) is 11.8. The lowest BCUT2D eigenvalue weighted by Crippen LogP contribution is -2.47. The predicted molar refractivity (Wildman–Crippen MR) is 163 cm³/mol. The average molecular weight is 607 g/mol. The van der Waals surface area contributed by atoms with Crippen LogP contribution in [0.2, 0.25) is 10.0 Å². The molecule has 3 aromatic carbocycles. The summed E-state index contributed by atoms with van der Waals surface area (Å²) in [7, 11) is 0. The van der Waals surface area contributed by atoms with E-state index in [1.165, 1.54) is 30.5 Å². The third-order valence-corrected chi connectivity index (χ3v) is 6.92. The number of anilines is 1. The lowest BCUT2D eigenvalue weighted by Gasteiger charge is -2.26. The number of carbonyl (C=O) groups is 2. The second kappa shape index (κ2) is 18.4. The summed E-state index contributed by atoms with van der Waals surface area (Å²) in [5.41, 5.74) is 2.99. The van der Waals surface area contributed by atoms with Gasteiger partial charge in [0.2, 0.25) is 12.3 Å². The molecule has 41 heavy (non-hydrogen) atoms. The van der Waals surface area contributed by atoms with E-state index in [9.17, 15) is 19.1 Å². The molecule has 0 saturated carbocycles. The van der Waals surface area contributed by atoms with Crippen molar-refractivity contribution in [1.82, 2.24) is 10.6 Å². The molecule has 0 radical (unpaired) electrons. The topological polar surface area (TPSA) is 111 Å². The molecule has 7 nitrogen and oxygen atoms in total. The molecule has 5 N–H and O–H groups in total. The van der Waals surface area contributed by atoms with Crippen LogP contribution in [0.25, 0.3) is 0 Å². The highest BCUT2D eigenvalue weighted by molar-refractivity contribution is 6.31. The molecule has 3 aromatic rings. The zero-order chi connectivity index (χ0) is 30.2. The molecule has 0 saturated heterocycles. The molecule has 0 aliphatic rings. The maximum atomic E-state index is 14.0. The Bertz CT molecular complexity index is 1230. The Kier molecular flexibility index (Phi) is 15.4. The highest BCUT2D eigenvalue weighted by Crippen LogP contribution is 2.26. The molecular weight excluding hydrogens is 568 g/mol. The fourth-order valence-electron chi connectivity index (χ4n) is 4.13. The van der Waals surface area contributed by atoms with Crippen LogP contribution in [0.15, 0.2) is 66.7 Å². The minimum absolute atomic E-state index is 0.0620. The number of hydrogen-bond acceptors (Lipinski definition) is 5. The maximum Gasteiger partial charge on any atom is 0.237 e. The minimum Gasteiger partial charge on any atom is -0.394 e. The third-order valence-electron chi connectivity index (χ3n) is 6.40. The van der Waals surface area contributed by atoms with E-state index in [0.29, 0.717) is 22.7 Å². The number of nitrogens with one attached hydrogen (secondary N) is 3. The molecule has 0 aliphatic carbocycles. The summed E-state index contributed by atoms with van der Waals surface area (Å²) in [5.74, 6) is -1.32. The van der Waals surface area contributed by atoms with E-state index < -0.39 is 24.6 Å². The van der Waals surface area contributed by atoms with E-state index in [1.807, 2.05) is 13.0 Å². The molecule has 2 unspecified atom stereocenters. The molecule has 0 bridgehead atoms. The number of aliphatic hydroxyl groups excluding tert-OH is 2. The molecule has 0 spiro atoms. The highest BCUT2D eigenvalue weighted by Gasteiger charge is 2.26. The molecule has 222 valence electrons. The van der Waals surface area contributed by atoms with Crippen LogP contribution in [-0.2, 0) is 22.6 Å². The number of hydrogen-bond donors (Lipinski definition) is 5. The van der Waals surface area contributed by atoms with Crippen LogP contribution in [0.1, 0.15) is 49.3 Å². The van der Waals surface area contributed by atoms with E-state index in [4.69, 9.17) is 28.3 Å². The molecule has 0 aliphatic heterocycles. The predicted octanol–water partition coefficient (Wildman–Crippen LogP) is 5.46. The van der Waals surface area contributed by atoms with Gasteiger partial charge in [-0.1, -0.05) is 85.9 Å². The molecule has 0 fully saturated rings. The molecule has 0 aromatic heterocycles. The first-order chi connectivity index (χ1) is 19.7. The summed E-state index contributed by atoms with van der Waals surface area (Å²) >= 11 is 11.9. The van der Waals surface area contributed by atoms with Crippen molar-refractivity contribution in [2.24, 2.45) is 0 Å². The van der Waals surface area contributed by atoms with E-state index in [0.717, 1.165) is 5.56 Å². The summed E-state index contributed by atoms with van der Waals surface area (Å²) in [4.78, 5) is 23.9. The van der Waals surface area contributed by atoms with E-state index in [-0.39, 0.29) is 36.4 Å². The number of halogens is 3. The van der Waals surface area contributed by atoms with E-state index in [1.54, 1.807) is 18.2 Å². The van der Waals surface area contributed by atoms with Gasteiger partial charge in [0.1, 0.15) is 5.82 Å². The second-order valence-corrected chi connectivity index (χ2v) is 10.4. The van der Waals surface area contributed by atoms with Crippen molar-refractivity contribution < 1.29 is 24.2 Å². The van der Waals surface area contributed by atoms with Crippen LogP contribution in [0.3, 0.4) is 0 Å². The van der Waals surface area contributed by atoms with Crippen molar-refractivity contribution in [3.8, 4) is 0 Å². The Labute approximate surface area is 251 Å². The zero-order valence-corrected chi connectivity index (χ0v) is 24.8. The fourth-order valence-corrected chi connectivity index (χ4v) is 4.49. The fraction of sp³-hybridized carbons (Fsp3) is 0.355. The maximum absolute atomic E-state index is 14.0. The van der Waals surface area contributed by atoms with Crippen molar-refractivity contribution in [3.05, 3.63) is 99.3 Å². The van der Waals surface area contributed by atoms with Gasteiger partial charge in [-0.25, -0.2) is 4.39 Å². The quantitative estimate of drug-likeness (QED) is 0.157. The average Bonchev–Trinajstić information content (AvgIpc) is 2.96. The van der Waals surface area contributed by atoms with E-state index in [2.05, 4.69) is 53.2 Å². The van der Waals surface area contributed by atoms with Crippen molar-refractivity contribution >= 4 is 41.2 Å². The highest BCUT2D eigenvalue weighted by atomic mass is 35.5. The molecule has 3 atom stereocenters. The summed E-state index contributed by atoms with van der Waals surface area (Å²) in [6, 6.07) is 19.4. The number of aryl methyl sites for hydroxylation is 1. The van der Waals surface area contributed by atoms with Crippen molar-refractivity contribution in [3.63, 3.8) is 0 Å². The molecule has 10 heteroatoms. The largest absolute Gasteiger partial charge is 0.394 e. The first-order valence-electron chi connectivity index (χ1n) is 13.5. The normalized spacial score (nSPS) is 12.9. The Morgan fingerprint density at radius 2 is 1.80 bits per heavy atom. The number of amides is 2. The molecule has 3 rings (SSSR count). The smallest absolute Gasteiger partial charge is 0.237 e. The van der Waals surface area contributed by atoms with Crippen LogP contribution in [-0.4, -0.2) is 47.8 Å². The summed E-state index contributed by atoms with van der Waals surface area (Å²) in [6.07, 6.45) is 2.17. The van der Waals surface area contributed by atoms with Gasteiger partial charge in [-0.2, -0.15) is 0 Å². The number of aliphatic hydroxyl groups is 2. The molecular formula is C31H38Cl2FN3O4. The lowest BCUT2D eigenvalue weighted by molar-refractivity contribution is -0.123.